The van der Waals surface area contributed by atoms with Crippen LogP contribution in [0, 0.1) is 13.8 Å². The lowest BCUT2D eigenvalue weighted by atomic mass is 10.1. The van der Waals surface area contributed by atoms with Crippen molar-refractivity contribution in [3.63, 3.8) is 0 Å². The quantitative estimate of drug-likeness (QED) is 0.886. The molecule has 0 unspecified atom stereocenters. The first-order valence-electron chi connectivity index (χ1n) is 6.76. The maximum Gasteiger partial charge on any atom is 0.224 e. The smallest absolute Gasteiger partial charge is 0.224 e. The molecule has 1 aromatic carbocycles. The number of hydrogen-bond donors (Lipinski definition) is 1. The van der Waals surface area contributed by atoms with Crippen LogP contribution in [0.1, 0.15) is 30.4 Å². The van der Waals surface area contributed by atoms with Crippen LogP contribution < -0.4 is 5.32 Å². The molecule has 3 heteroatoms. The van der Waals surface area contributed by atoms with Crippen LogP contribution in [0.2, 0.25) is 0 Å². The summed E-state index contributed by atoms with van der Waals surface area (Å²) in [5.41, 5.74) is 3.70. The molecule has 1 heterocycles. The van der Waals surface area contributed by atoms with Gasteiger partial charge in [-0.3, -0.25) is 4.79 Å². The minimum atomic E-state index is 0.283. The van der Waals surface area contributed by atoms with Crippen LogP contribution in [0.25, 0.3) is 0 Å². The van der Waals surface area contributed by atoms with Gasteiger partial charge in [-0.05, 0) is 43.9 Å². The molecule has 0 aliphatic carbocycles. The molecule has 1 aromatic rings. The Kier molecular flexibility index (Phi) is 4.24. The van der Waals surface area contributed by atoms with Crippen molar-refractivity contribution in [2.45, 2.75) is 33.1 Å². The summed E-state index contributed by atoms with van der Waals surface area (Å²) < 4.78 is 0. The van der Waals surface area contributed by atoms with E-state index >= 15 is 0 Å². The number of hydrogen-bond acceptors (Lipinski definition) is 2. The number of benzene rings is 1. The average Bonchev–Trinajstić information content (AvgIpc) is 2.88. The van der Waals surface area contributed by atoms with E-state index in [1.54, 1.807) is 0 Å². The van der Waals surface area contributed by atoms with Crippen LogP contribution >= 0.6 is 0 Å². The lowest BCUT2D eigenvalue weighted by Gasteiger charge is -2.16. The molecule has 1 aliphatic rings. The van der Waals surface area contributed by atoms with Crippen molar-refractivity contribution < 1.29 is 4.79 Å². The minimum absolute atomic E-state index is 0.283. The predicted octanol–water partition coefficient (Wildman–Crippen LogP) is 2.73. The molecular formula is C15H22N2O. The van der Waals surface area contributed by atoms with Crippen molar-refractivity contribution in [3.8, 4) is 0 Å². The van der Waals surface area contributed by atoms with Gasteiger partial charge in [0.05, 0.1) is 0 Å². The summed E-state index contributed by atoms with van der Waals surface area (Å²) in [6, 6.07) is 6.23. The molecule has 3 nitrogen and oxygen atoms in total. The Morgan fingerprint density at radius 1 is 1.28 bits per heavy atom. The summed E-state index contributed by atoms with van der Waals surface area (Å²) in [5.74, 6) is 0.283. The normalized spacial score (nSPS) is 14.9. The number of carbonyl (C=O) groups is 1. The van der Waals surface area contributed by atoms with E-state index in [9.17, 15) is 4.79 Å². The molecule has 0 aromatic heterocycles. The number of anilines is 1. The molecule has 1 N–H and O–H groups in total. The number of amides is 1. The second kappa shape index (κ2) is 5.89. The number of nitrogens with one attached hydrogen (secondary N) is 1. The van der Waals surface area contributed by atoms with Gasteiger partial charge in [0.15, 0.2) is 0 Å². The maximum absolute atomic E-state index is 11.9. The first-order valence-corrected chi connectivity index (χ1v) is 6.76. The molecule has 1 aliphatic heterocycles. The zero-order chi connectivity index (χ0) is 13.0. The summed E-state index contributed by atoms with van der Waals surface area (Å²) >= 11 is 0. The number of rotatable bonds is 4. The summed E-state index contributed by atoms with van der Waals surface area (Å²) in [6.45, 7) is 6.83. The Morgan fingerprint density at radius 2 is 2.00 bits per heavy atom. The second-order valence-corrected chi connectivity index (χ2v) is 5.01. The molecule has 1 fully saturated rings. The molecule has 0 spiro atoms. The fourth-order valence-corrected chi connectivity index (χ4v) is 2.37. The highest BCUT2D eigenvalue weighted by atomic mass is 16.2. The molecule has 1 saturated heterocycles. The highest BCUT2D eigenvalue weighted by molar-refractivity contribution is 5.77. The fraction of sp³-hybridized carbons (Fsp3) is 0.533. The Labute approximate surface area is 109 Å². The third-order valence-corrected chi connectivity index (χ3v) is 3.72. The van der Waals surface area contributed by atoms with Gasteiger partial charge in [-0.15, -0.1) is 0 Å². The maximum atomic E-state index is 11.9. The topological polar surface area (TPSA) is 32.3 Å². The van der Waals surface area contributed by atoms with Crippen molar-refractivity contribution in [3.05, 3.63) is 29.3 Å². The first-order chi connectivity index (χ1) is 8.68. The first kappa shape index (κ1) is 12.9. The lowest BCUT2D eigenvalue weighted by Crippen LogP contribution is -2.29. The third kappa shape index (κ3) is 3.03. The highest BCUT2D eigenvalue weighted by Gasteiger charge is 2.16. The third-order valence-electron chi connectivity index (χ3n) is 3.72. The largest absolute Gasteiger partial charge is 0.384 e. The standard InChI is InChI=1S/C15H22N2O/c1-12-6-5-7-14(13(12)2)16-9-8-15(18)17-10-3-4-11-17/h5-7,16H,3-4,8-11H2,1-2H3. The van der Waals surface area contributed by atoms with Crippen molar-refractivity contribution in [2.24, 2.45) is 0 Å². The van der Waals surface area contributed by atoms with Crippen molar-refractivity contribution in [1.82, 2.24) is 4.90 Å². The Morgan fingerprint density at radius 3 is 2.72 bits per heavy atom. The number of likely N-dealkylation sites (tertiary alicyclic amines) is 1. The van der Waals surface area contributed by atoms with Crippen molar-refractivity contribution >= 4 is 11.6 Å². The van der Waals surface area contributed by atoms with Crippen molar-refractivity contribution in [2.75, 3.05) is 25.0 Å². The molecule has 0 radical (unpaired) electrons. The van der Waals surface area contributed by atoms with Crippen LogP contribution in [-0.4, -0.2) is 30.4 Å². The Bertz CT molecular complexity index is 423. The zero-order valence-electron chi connectivity index (χ0n) is 11.3. The van der Waals surface area contributed by atoms with Gasteiger partial charge >= 0.3 is 0 Å². The van der Waals surface area contributed by atoms with Gasteiger partial charge in [0.2, 0.25) is 5.91 Å². The molecule has 1 amide bonds. The van der Waals surface area contributed by atoms with Crippen LogP contribution in [0.3, 0.4) is 0 Å². The van der Waals surface area contributed by atoms with Crippen LogP contribution in [0.5, 0.6) is 0 Å². The minimum Gasteiger partial charge on any atom is -0.384 e. The van der Waals surface area contributed by atoms with Gasteiger partial charge in [0, 0.05) is 31.7 Å². The summed E-state index contributed by atoms with van der Waals surface area (Å²) in [4.78, 5) is 13.9. The van der Waals surface area contributed by atoms with Gasteiger partial charge in [-0.1, -0.05) is 12.1 Å². The number of carbonyl (C=O) groups excluding carboxylic acids is 1. The molecule has 18 heavy (non-hydrogen) atoms. The SMILES string of the molecule is Cc1cccc(NCCC(=O)N2CCCC2)c1C. The molecule has 98 valence electrons. The summed E-state index contributed by atoms with van der Waals surface area (Å²) in [7, 11) is 0. The van der Waals surface area contributed by atoms with Gasteiger partial charge < -0.3 is 10.2 Å². The molecular weight excluding hydrogens is 224 g/mol. The monoisotopic (exact) mass is 246 g/mol. The highest BCUT2D eigenvalue weighted by Crippen LogP contribution is 2.18. The van der Waals surface area contributed by atoms with E-state index in [1.807, 2.05) is 11.0 Å². The van der Waals surface area contributed by atoms with E-state index in [-0.39, 0.29) is 5.91 Å². The second-order valence-electron chi connectivity index (χ2n) is 5.01. The average molecular weight is 246 g/mol. The van der Waals surface area contributed by atoms with Gasteiger partial charge in [0.1, 0.15) is 0 Å². The lowest BCUT2D eigenvalue weighted by molar-refractivity contribution is -0.129. The van der Waals surface area contributed by atoms with E-state index in [1.165, 1.54) is 11.1 Å². The molecule has 0 atom stereocenters. The molecule has 0 saturated carbocycles. The Balaban J connectivity index is 1.81. The Hall–Kier alpha value is -1.51. The number of aryl methyl sites for hydroxylation is 1. The fourth-order valence-electron chi connectivity index (χ4n) is 2.37. The number of nitrogens with zero attached hydrogens (tertiary/aromatic N) is 1. The van der Waals surface area contributed by atoms with Crippen LogP contribution in [0.4, 0.5) is 5.69 Å². The molecule has 2 rings (SSSR count). The predicted molar refractivity (Wildman–Crippen MR) is 74.8 cm³/mol. The van der Waals surface area contributed by atoms with E-state index < -0.39 is 0 Å². The van der Waals surface area contributed by atoms with Gasteiger partial charge in [-0.2, -0.15) is 0 Å². The molecule has 0 bridgehead atoms. The van der Waals surface area contributed by atoms with E-state index in [0.717, 1.165) is 38.2 Å². The summed E-state index contributed by atoms with van der Waals surface area (Å²) in [6.07, 6.45) is 2.92. The van der Waals surface area contributed by atoms with E-state index in [0.29, 0.717) is 6.42 Å². The van der Waals surface area contributed by atoms with E-state index in [2.05, 4.69) is 31.3 Å². The van der Waals surface area contributed by atoms with Gasteiger partial charge in [-0.25, -0.2) is 0 Å². The van der Waals surface area contributed by atoms with E-state index in [4.69, 9.17) is 0 Å². The zero-order valence-corrected chi connectivity index (χ0v) is 11.3. The summed E-state index contributed by atoms with van der Waals surface area (Å²) in [5, 5.41) is 3.36. The van der Waals surface area contributed by atoms with Crippen LogP contribution in [-0.2, 0) is 4.79 Å². The van der Waals surface area contributed by atoms with Crippen LogP contribution in [0.15, 0.2) is 18.2 Å². The van der Waals surface area contributed by atoms with Gasteiger partial charge in [0.25, 0.3) is 0 Å². The van der Waals surface area contributed by atoms with Crippen molar-refractivity contribution in [1.29, 1.82) is 0 Å².